The molecular weight excluding hydrogens is 242 g/mol. The van der Waals surface area contributed by atoms with Gasteiger partial charge in [-0.15, -0.1) is 0 Å². The lowest BCUT2D eigenvalue weighted by molar-refractivity contribution is -0.168. The van der Waals surface area contributed by atoms with E-state index in [1.165, 1.54) is 6.92 Å². The van der Waals surface area contributed by atoms with E-state index in [9.17, 15) is 19.5 Å². The maximum atomic E-state index is 11.9. The molecule has 0 aromatic rings. The normalized spacial score (nSPS) is 25.4. The molecule has 2 N–H and O–H groups in total. The highest BCUT2D eigenvalue weighted by atomic mass is 16.6. The SMILES string of the molecule is CCOC(=O)C1(C(=O)OCC)NC(=O)[C@H](O)[C@H]1C. The summed E-state index contributed by atoms with van der Waals surface area (Å²) in [6, 6.07) is 0. The van der Waals surface area contributed by atoms with Crippen LogP contribution in [0.5, 0.6) is 0 Å². The lowest BCUT2D eigenvalue weighted by Crippen LogP contribution is -2.60. The number of amides is 1. The van der Waals surface area contributed by atoms with Crippen LogP contribution in [0, 0.1) is 5.92 Å². The van der Waals surface area contributed by atoms with Crippen LogP contribution in [0.1, 0.15) is 20.8 Å². The van der Waals surface area contributed by atoms with E-state index in [1.54, 1.807) is 13.8 Å². The molecule has 0 aromatic carbocycles. The van der Waals surface area contributed by atoms with Gasteiger partial charge in [-0.3, -0.25) is 4.79 Å². The molecule has 1 fully saturated rings. The van der Waals surface area contributed by atoms with Gasteiger partial charge in [0.2, 0.25) is 5.54 Å². The zero-order chi connectivity index (χ0) is 13.9. The Morgan fingerprint density at radius 1 is 1.28 bits per heavy atom. The van der Waals surface area contributed by atoms with Crippen LogP contribution in [0.4, 0.5) is 0 Å². The Kier molecular flexibility index (Phi) is 4.28. The van der Waals surface area contributed by atoms with E-state index < -0.39 is 35.4 Å². The minimum Gasteiger partial charge on any atom is -0.464 e. The zero-order valence-electron chi connectivity index (χ0n) is 10.6. The van der Waals surface area contributed by atoms with Crippen LogP contribution in [0.3, 0.4) is 0 Å². The Hall–Kier alpha value is -1.63. The molecular formula is C11H17NO6. The first-order valence-electron chi connectivity index (χ1n) is 5.76. The van der Waals surface area contributed by atoms with Crippen LogP contribution in [0.2, 0.25) is 0 Å². The highest BCUT2D eigenvalue weighted by molar-refractivity contribution is 6.11. The maximum absolute atomic E-state index is 11.9. The summed E-state index contributed by atoms with van der Waals surface area (Å²) in [5.41, 5.74) is -1.96. The van der Waals surface area contributed by atoms with Crippen molar-refractivity contribution in [1.29, 1.82) is 0 Å². The minimum absolute atomic E-state index is 0.0542. The van der Waals surface area contributed by atoms with Crippen LogP contribution in [-0.2, 0) is 23.9 Å². The quantitative estimate of drug-likeness (QED) is 0.495. The Balaban J connectivity index is 3.14. The van der Waals surface area contributed by atoms with E-state index in [1.807, 2.05) is 0 Å². The molecule has 2 atom stereocenters. The molecule has 1 saturated heterocycles. The fraction of sp³-hybridized carbons (Fsp3) is 0.727. The Labute approximate surface area is 104 Å². The molecule has 1 aliphatic heterocycles. The smallest absolute Gasteiger partial charge is 0.344 e. The van der Waals surface area contributed by atoms with Gasteiger partial charge >= 0.3 is 11.9 Å². The highest BCUT2D eigenvalue weighted by Gasteiger charge is 2.62. The molecule has 0 aliphatic carbocycles. The summed E-state index contributed by atoms with van der Waals surface area (Å²) >= 11 is 0. The van der Waals surface area contributed by atoms with E-state index in [0.717, 1.165) is 0 Å². The fourth-order valence-electron chi connectivity index (χ4n) is 1.89. The number of esters is 2. The van der Waals surface area contributed by atoms with Crippen molar-refractivity contribution < 1.29 is 29.0 Å². The van der Waals surface area contributed by atoms with Gasteiger partial charge in [-0.1, -0.05) is 6.92 Å². The average molecular weight is 259 g/mol. The van der Waals surface area contributed by atoms with Crippen molar-refractivity contribution in [3.05, 3.63) is 0 Å². The van der Waals surface area contributed by atoms with Gasteiger partial charge in [0.05, 0.1) is 13.2 Å². The second-order valence-electron chi connectivity index (χ2n) is 3.97. The van der Waals surface area contributed by atoms with Crippen LogP contribution in [0.25, 0.3) is 0 Å². The maximum Gasteiger partial charge on any atom is 0.344 e. The number of hydrogen-bond donors (Lipinski definition) is 2. The molecule has 1 aliphatic rings. The molecule has 1 heterocycles. The van der Waals surface area contributed by atoms with E-state index in [-0.39, 0.29) is 13.2 Å². The van der Waals surface area contributed by atoms with Crippen molar-refractivity contribution in [3.63, 3.8) is 0 Å². The summed E-state index contributed by atoms with van der Waals surface area (Å²) in [5.74, 6) is -3.58. The molecule has 1 rings (SSSR count). The first kappa shape index (κ1) is 14.4. The van der Waals surface area contributed by atoms with Gasteiger partial charge in [-0.05, 0) is 13.8 Å². The molecule has 7 nitrogen and oxygen atoms in total. The second kappa shape index (κ2) is 5.34. The van der Waals surface area contributed by atoms with Crippen LogP contribution in [0.15, 0.2) is 0 Å². The van der Waals surface area contributed by atoms with Crippen LogP contribution < -0.4 is 5.32 Å². The summed E-state index contributed by atoms with van der Waals surface area (Å²) in [4.78, 5) is 35.3. The van der Waals surface area contributed by atoms with Crippen molar-refractivity contribution in [2.45, 2.75) is 32.4 Å². The van der Waals surface area contributed by atoms with Crippen molar-refractivity contribution in [2.75, 3.05) is 13.2 Å². The Morgan fingerprint density at radius 2 is 1.72 bits per heavy atom. The van der Waals surface area contributed by atoms with E-state index >= 15 is 0 Å². The third-order valence-corrected chi connectivity index (χ3v) is 2.94. The highest BCUT2D eigenvalue weighted by Crippen LogP contribution is 2.30. The van der Waals surface area contributed by atoms with E-state index in [4.69, 9.17) is 9.47 Å². The summed E-state index contributed by atoms with van der Waals surface area (Å²) in [6.45, 7) is 4.68. The summed E-state index contributed by atoms with van der Waals surface area (Å²) in [6.07, 6.45) is -1.45. The standard InChI is InChI=1S/C11H17NO6/c1-4-17-9(15)11(10(16)18-5-2)6(3)7(13)8(14)12-11/h6-7,13H,4-5H2,1-3H3,(H,12,14)/t6-,7-/m1/s1. The van der Waals surface area contributed by atoms with Gasteiger partial charge < -0.3 is 19.9 Å². The third kappa shape index (κ3) is 2.05. The number of hydrogen-bond acceptors (Lipinski definition) is 6. The van der Waals surface area contributed by atoms with Gasteiger partial charge in [0, 0.05) is 5.92 Å². The first-order chi connectivity index (χ1) is 8.41. The molecule has 102 valence electrons. The van der Waals surface area contributed by atoms with E-state index in [0.29, 0.717) is 0 Å². The molecule has 0 spiro atoms. The minimum atomic E-state index is -1.96. The topological polar surface area (TPSA) is 102 Å². The van der Waals surface area contributed by atoms with Gasteiger partial charge in [0.15, 0.2) is 0 Å². The number of ether oxygens (including phenoxy) is 2. The molecule has 18 heavy (non-hydrogen) atoms. The lowest BCUT2D eigenvalue weighted by Gasteiger charge is -2.28. The largest absolute Gasteiger partial charge is 0.464 e. The predicted molar refractivity (Wildman–Crippen MR) is 59.3 cm³/mol. The number of aliphatic hydroxyl groups is 1. The number of nitrogens with one attached hydrogen (secondary N) is 1. The van der Waals surface area contributed by atoms with Gasteiger partial charge in [-0.2, -0.15) is 0 Å². The van der Waals surface area contributed by atoms with Crippen molar-refractivity contribution in [1.82, 2.24) is 5.32 Å². The molecule has 0 unspecified atom stereocenters. The molecule has 1 amide bonds. The average Bonchev–Trinajstić information content (AvgIpc) is 2.55. The number of carbonyl (C=O) groups is 3. The second-order valence-corrected chi connectivity index (χ2v) is 3.97. The monoisotopic (exact) mass is 259 g/mol. The molecule has 7 heteroatoms. The van der Waals surface area contributed by atoms with Crippen molar-refractivity contribution in [2.24, 2.45) is 5.92 Å². The molecule has 0 bridgehead atoms. The van der Waals surface area contributed by atoms with E-state index in [2.05, 4.69) is 5.32 Å². The Bertz CT molecular complexity index is 349. The summed E-state index contributed by atoms with van der Waals surface area (Å²) < 4.78 is 9.60. The number of rotatable bonds is 4. The summed E-state index contributed by atoms with van der Waals surface area (Å²) in [5, 5.41) is 11.8. The molecule has 0 radical (unpaired) electrons. The molecule has 0 saturated carbocycles. The van der Waals surface area contributed by atoms with Crippen LogP contribution >= 0.6 is 0 Å². The van der Waals surface area contributed by atoms with Gasteiger partial charge in [0.1, 0.15) is 6.10 Å². The van der Waals surface area contributed by atoms with Crippen molar-refractivity contribution >= 4 is 17.8 Å². The van der Waals surface area contributed by atoms with Gasteiger partial charge in [0.25, 0.3) is 5.91 Å². The zero-order valence-corrected chi connectivity index (χ0v) is 10.6. The first-order valence-corrected chi connectivity index (χ1v) is 5.76. The number of aliphatic hydroxyl groups excluding tert-OH is 1. The van der Waals surface area contributed by atoms with Crippen molar-refractivity contribution in [3.8, 4) is 0 Å². The predicted octanol–water partition coefficient (Wildman–Crippen LogP) is -1.02. The molecule has 0 aromatic heterocycles. The third-order valence-electron chi connectivity index (χ3n) is 2.94. The van der Waals surface area contributed by atoms with Crippen LogP contribution in [-0.4, -0.2) is 47.8 Å². The fourth-order valence-corrected chi connectivity index (χ4v) is 1.89. The number of carbonyl (C=O) groups excluding carboxylic acids is 3. The van der Waals surface area contributed by atoms with Gasteiger partial charge in [-0.25, -0.2) is 9.59 Å². The summed E-state index contributed by atoms with van der Waals surface area (Å²) in [7, 11) is 0. The lowest BCUT2D eigenvalue weighted by atomic mass is 9.85. The Morgan fingerprint density at radius 3 is 2.00 bits per heavy atom.